The molecule has 0 radical (unpaired) electrons. The molecule has 0 fully saturated rings. The lowest BCUT2D eigenvalue weighted by atomic mass is 10.1. The molecule has 0 aliphatic heterocycles. The minimum atomic E-state index is -0.222. The highest BCUT2D eigenvalue weighted by molar-refractivity contribution is 6.00. The predicted octanol–water partition coefficient (Wildman–Crippen LogP) is 3.77. The van der Waals surface area contributed by atoms with E-state index in [0.29, 0.717) is 23.6 Å². The molecular formula is C21H18N4O2. The molecule has 0 spiro atoms. The Morgan fingerprint density at radius 2 is 1.78 bits per heavy atom. The molecule has 0 bridgehead atoms. The van der Waals surface area contributed by atoms with Crippen LogP contribution in [0, 0.1) is 6.92 Å². The van der Waals surface area contributed by atoms with Crippen molar-refractivity contribution in [2.24, 2.45) is 0 Å². The van der Waals surface area contributed by atoms with Crippen molar-refractivity contribution in [3.8, 4) is 16.9 Å². The van der Waals surface area contributed by atoms with Gasteiger partial charge in [-0.3, -0.25) is 4.79 Å². The van der Waals surface area contributed by atoms with Crippen molar-refractivity contribution >= 4 is 5.91 Å². The molecule has 0 saturated carbocycles. The molecule has 6 heteroatoms. The highest BCUT2D eigenvalue weighted by Gasteiger charge is 2.21. The monoisotopic (exact) mass is 358 g/mol. The summed E-state index contributed by atoms with van der Waals surface area (Å²) in [7, 11) is 0. The highest BCUT2D eigenvalue weighted by Crippen LogP contribution is 2.25. The smallest absolute Gasteiger partial charge is 0.257 e. The Morgan fingerprint density at radius 1 is 1.07 bits per heavy atom. The minimum Gasteiger partial charge on any atom is -0.360 e. The van der Waals surface area contributed by atoms with Crippen LogP contribution in [-0.2, 0) is 6.54 Å². The van der Waals surface area contributed by atoms with E-state index in [0.717, 1.165) is 16.8 Å². The number of rotatable bonds is 5. The van der Waals surface area contributed by atoms with Crippen LogP contribution in [0.4, 0.5) is 0 Å². The van der Waals surface area contributed by atoms with Gasteiger partial charge in [0.1, 0.15) is 17.0 Å². The number of hydrogen-bond donors (Lipinski definition) is 1. The van der Waals surface area contributed by atoms with Crippen LogP contribution in [0.25, 0.3) is 16.9 Å². The van der Waals surface area contributed by atoms with Crippen LogP contribution in [0.15, 0.2) is 77.6 Å². The molecule has 2 aromatic heterocycles. The van der Waals surface area contributed by atoms with Crippen LogP contribution in [0.1, 0.15) is 21.7 Å². The maximum absolute atomic E-state index is 12.7. The van der Waals surface area contributed by atoms with Crippen molar-refractivity contribution in [2.75, 3.05) is 0 Å². The normalized spacial score (nSPS) is 10.7. The summed E-state index contributed by atoms with van der Waals surface area (Å²) in [5.74, 6) is 0.270. The molecule has 6 nitrogen and oxygen atoms in total. The summed E-state index contributed by atoms with van der Waals surface area (Å²) >= 11 is 0. The molecule has 2 aromatic carbocycles. The third-order valence-corrected chi connectivity index (χ3v) is 4.25. The number of carbonyl (C=O) groups excluding carboxylic acids is 1. The van der Waals surface area contributed by atoms with Gasteiger partial charge in [0.25, 0.3) is 5.91 Å². The van der Waals surface area contributed by atoms with Gasteiger partial charge in [-0.25, -0.2) is 4.68 Å². The zero-order chi connectivity index (χ0) is 18.6. The van der Waals surface area contributed by atoms with Crippen LogP contribution in [-0.4, -0.2) is 20.8 Å². The average Bonchev–Trinajstić information content (AvgIpc) is 3.34. The van der Waals surface area contributed by atoms with Crippen molar-refractivity contribution < 1.29 is 9.32 Å². The number of hydrogen-bond acceptors (Lipinski definition) is 4. The van der Waals surface area contributed by atoms with Gasteiger partial charge in [0.2, 0.25) is 0 Å². The molecular weight excluding hydrogens is 340 g/mol. The van der Waals surface area contributed by atoms with E-state index in [2.05, 4.69) is 15.6 Å². The standard InChI is InChI=1S/C21H18N4O2/c1-15-19(20(24-27-15)17-8-4-2-5-9-17)21(26)22-12-16-13-23-25(14-16)18-10-6-3-7-11-18/h2-11,13-14H,12H2,1H3,(H,22,26). The van der Waals surface area contributed by atoms with Crippen molar-refractivity contribution in [1.29, 1.82) is 0 Å². The van der Waals surface area contributed by atoms with Gasteiger partial charge < -0.3 is 9.84 Å². The molecule has 2 heterocycles. The fourth-order valence-electron chi connectivity index (χ4n) is 2.88. The maximum atomic E-state index is 12.7. The topological polar surface area (TPSA) is 73.0 Å². The Hall–Kier alpha value is -3.67. The fourth-order valence-corrected chi connectivity index (χ4v) is 2.88. The molecule has 4 rings (SSSR count). The summed E-state index contributed by atoms with van der Waals surface area (Å²) in [4.78, 5) is 12.7. The predicted molar refractivity (Wildman–Crippen MR) is 101 cm³/mol. The first-order valence-electron chi connectivity index (χ1n) is 8.61. The summed E-state index contributed by atoms with van der Waals surface area (Å²) in [5, 5.41) is 11.3. The van der Waals surface area contributed by atoms with Crippen molar-refractivity contribution in [3.05, 3.63) is 89.9 Å². The Kier molecular flexibility index (Phi) is 4.53. The first-order chi connectivity index (χ1) is 13.2. The number of para-hydroxylation sites is 1. The minimum absolute atomic E-state index is 0.222. The molecule has 0 saturated heterocycles. The summed E-state index contributed by atoms with van der Waals surface area (Å²) in [6, 6.07) is 19.3. The SMILES string of the molecule is Cc1onc(-c2ccccc2)c1C(=O)NCc1cnn(-c2ccccc2)c1. The van der Waals surface area contributed by atoms with Crippen molar-refractivity contribution in [1.82, 2.24) is 20.3 Å². The van der Waals surface area contributed by atoms with E-state index in [9.17, 15) is 4.79 Å². The Morgan fingerprint density at radius 3 is 2.52 bits per heavy atom. The summed E-state index contributed by atoms with van der Waals surface area (Å²) in [6.07, 6.45) is 3.64. The third-order valence-electron chi connectivity index (χ3n) is 4.25. The van der Waals surface area contributed by atoms with E-state index in [1.54, 1.807) is 17.8 Å². The summed E-state index contributed by atoms with van der Waals surface area (Å²) in [5.41, 5.74) is 3.72. The van der Waals surface area contributed by atoms with Gasteiger partial charge >= 0.3 is 0 Å². The van der Waals surface area contributed by atoms with Gasteiger partial charge in [-0.05, 0) is 19.1 Å². The quantitative estimate of drug-likeness (QED) is 0.589. The summed E-state index contributed by atoms with van der Waals surface area (Å²) < 4.78 is 7.04. The Bertz CT molecular complexity index is 1050. The van der Waals surface area contributed by atoms with E-state index in [1.807, 2.05) is 66.9 Å². The molecule has 0 aliphatic rings. The van der Waals surface area contributed by atoms with Crippen LogP contribution in [0.5, 0.6) is 0 Å². The van der Waals surface area contributed by atoms with E-state index in [-0.39, 0.29) is 5.91 Å². The number of benzene rings is 2. The van der Waals surface area contributed by atoms with Gasteiger partial charge in [0, 0.05) is 23.9 Å². The van der Waals surface area contributed by atoms with Gasteiger partial charge in [-0.1, -0.05) is 53.7 Å². The second-order valence-electron chi connectivity index (χ2n) is 6.14. The van der Waals surface area contributed by atoms with Gasteiger partial charge in [0.15, 0.2) is 0 Å². The van der Waals surface area contributed by atoms with Crippen molar-refractivity contribution in [2.45, 2.75) is 13.5 Å². The van der Waals surface area contributed by atoms with Gasteiger partial charge in [-0.15, -0.1) is 0 Å². The van der Waals surface area contributed by atoms with Crippen molar-refractivity contribution in [3.63, 3.8) is 0 Å². The molecule has 27 heavy (non-hydrogen) atoms. The maximum Gasteiger partial charge on any atom is 0.257 e. The largest absolute Gasteiger partial charge is 0.360 e. The first kappa shape index (κ1) is 16.8. The number of aromatic nitrogens is 3. The van der Waals surface area contributed by atoms with E-state index in [4.69, 9.17) is 4.52 Å². The number of aryl methyl sites for hydroxylation is 1. The van der Waals surface area contributed by atoms with E-state index >= 15 is 0 Å². The zero-order valence-electron chi connectivity index (χ0n) is 14.8. The fraction of sp³-hybridized carbons (Fsp3) is 0.0952. The number of amides is 1. The van der Waals surface area contributed by atoms with E-state index < -0.39 is 0 Å². The van der Waals surface area contributed by atoms with Crippen LogP contribution >= 0.6 is 0 Å². The number of nitrogens with zero attached hydrogens (tertiary/aromatic N) is 3. The third kappa shape index (κ3) is 3.50. The van der Waals surface area contributed by atoms with Crippen LogP contribution in [0.3, 0.4) is 0 Å². The zero-order valence-corrected chi connectivity index (χ0v) is 14.8. The molecule has 1 N–H and O–H groups in total. The molecule has 0 aliphatic carbocycles. The second-order valence-corrected chi connectivity index (χ2v) is 6.14. The summed E-state index contributed by atoms with van der Waals surface area (Å²) in [6.45, 7) is 2.10. The highest BCUT2D eigenvalue weighted by atomic mass is 16.5. The molecule has 0 unspecified atom stereocenters. The molecule has 134 valence electrons. The average molecular weight is 358 g/mol. The molecule has 0 atom stereocenters. The molecule has 1 amide bonds. The Balaban J connectivity index is 1.50. The van der Waals surface area contributed by atoms with Gasteiger partial charge in [0.05, 0.1) is 11.9 Å². The second kappa shape index (κ2) is 7.29. The number of nitrogens with one attached hydrogen (secondary N) is 1. The lowest BCUT2D eigenvalue weighted by molar-refractivity contribution is 0.0950. The Labute approximate surface area is 156 Å². The van der Waals surface area contributed by atoms with Crippen LogP contribution in [0.2, 0.25) is 0 Å². The molecule has 4 aromatic rings. The number of carbonyl (C=O) groups is 1. The van der Waals surface area contributed by atoms with Gasteiger partial charge in [-0.2, -0.15) is 5.10 Å². The van der Waals surface area contributed by atoms with E-state index in [1.165, 1.54) is 0 Å². The van der Waals surface area contributed by atoms with Crippen LogP contribution < -0.4 is 5.32 Å². The lowest BCUT2D eigenvalue weighted by Gasteiger charge is -2.04. The lowest BCUT2D eigenvalue weighted by Crippen LogP contribution is -2.23. The first-order valence-corrected chi connectivity index (χ1v) is 8.61.